The number of carbonyl (C=O) groups is 3. The highest BCUT2D eigenvalue weighted by Gasteiger charge is 2.46. The van der Waals surface area contributed by atoms with Crippen molar-refractivity contribution < 1.29 is 14.4 Å². The van der Waals surface area contributed by atoms with E-state index < -0.39 is 6.04 Å². The largest absolute Gasteiger partial charge is 0.340 e. The Morgan fingerprint density at radius 1 is 1.09 bits per heavy atom. The van der Waals surface area contributed by atoms with Gasteiger partial charge in [0.05, 0.1) is 6.04 Å². The molecule has 1 saturated carbocycles. The van der Waals surface area contributed by atoms with Crippen LogP contribution in [0.4, 0.5) is 0 Å². The van der Waals surface area contributed by atoms with Crippen molar-refractivity contribution in [3.8, 4) is 0 Å². The number of amides is 3. The molecule has 3 amide bonds. The highest BCUT2D eigenvalue weighted by molar-refractivity contribution is 5.98. The van der Waals surface area contributed by atoms with Crippen LogP contribution in [0, 0.1) is 18.8 Å². The summed E-state index contributed by atoms with van der Waals surface area (Å²) in [7, 11) is 0. The van der Waals surface area contributed by atoms with Crippen molar-refractivity contribution >= 4 is 17.7 Å². The first-order valence-electron chi connectivity index (χ1n) is 12.5. The minimum Gasteiger partial charge on any atom is -0.340 e. The topological polar surface area (TPSA) is 73.0 Å². The smallest absolute Gasteiger partial charge is 0.254 e. The lowest BCUT2D eigenvalue weighted by atomic mass is 10.1. The van der Waals surface area contributed by atoms with Gasteiger partial charge in [0.25, 0.3) is 5.91 Å². The van der Waals surface area contributed by atoms with Crippen LogP contribution >= 0.6 is 0 Å². The molecule has 180 valence electrons. The van der Waals surface area contributed by atoms with E-state index in [1.54, 1.807) is 4.90 Å². The van der Waals surface area contributed by atoms with Crippen molar-refractivity contribution in [2.24, 2.45) is 11.8 Å². The number of nitrogens with one attached hydrogen (secondary N) is 1. The van der Waals surface area contributed by atoms with E-state index in [2.05, 4.69) is 19.2 Å². The molecular weight excluding hydrogens is 416 g/mol. The van der Waals surface area contributed by atoms with E-state index in [0.29, 0.717) is 44.1 Å². The second kappa shape index (κ2) is 10.2. The van der Waals surface area contributed by atoms with Gasteiger partial charge >= 0.3 is 0 Å². The molecule has 1 aliphatic carbocycles. The molecule has 0 bridgehead atoms. The predicted molar refractivity (Wildman–Crippen MR) is 128 cm³/mol. The van der Waals surface area contributed by atoms with Crippen molar-refractivity contribution in [2.45, 2.75) is 58.5 Å². The van der Waals surface area contributed by atoms with Crippen LogP contribution in [0.2, 0.25) is 0 Å². The fourth-order valence-electron chi connectivity index (χ4n) is 5.01. The van der Waals surface area contributed by atoms with Gasteiger partial charge < -0.3 is 20.0 Å². The number of hydrogen-bond donors (Lipinski definition) is 1. The molecule has 7 heteroatoms. The maximum atomic E-state index is 13.7. The number of carbonyl (C=O) groups excluding carboxylic acids is 3. The minimum absolute atomic E-state index is 0.0185. The number of benzene rings is 1. The standard InChI is InChI=1S/C26H38N4O3/c1-18(2)16-29(24(31)21-9-10-21)22-15-23(26(33)28-13-4-11-27-12-14-28)30(17-22)25(32)20-7-5-19(3)6-8-20/h5-8,18,21-23,27H,4,9-17H2,1-3H3. The van der Waals surface area contributed by atoms with Gasteiger partial charge in [-0.05, 0) is 57.2 Å². The first-order chi connectivity index (χ1) is 15.8. The molecule has 2 aliphatic heterocycles. The molecule has 3 aliphatic rings. The van der Waals surface area contributed by atoms with Gasteiger partial charge in [-0.3, -0.25) is 14.4 Å². The maximum absolute atomic E-state index is 13.7. The van der Waals surface area contributed by atoms with Crippen molar-refractivity contribution in [2.75, 3.05) is 39.3 Å². The molecule has 3 fully saturated rings. The maximum Gasteiger partial charge on any atom is 0.254 e. The molecule has 2 saturated heterocycles. The van der Waals surface area contributed by atoms with E-state index in [4.69, 9.17) is 0 Å². The third kappa shape index (κ3) is 5.57. The quantitative estimate of drug-likeness (QED) is 0.716. The van der Waals surface area contributed by atoms with Crippen LogP contribution in [-0.4, -0.2) is 83.8 Å². The lowest BCUT2D eigenvalue weighted by Gasteiger charge is -2.31. The molecule has 0 spiro atoms. The van der Waals surface area contributed by atoms with Crippen LogP contribution in [0.25, 0.3) is 0 Å². The Morgan fingerprint density at radius 2 is 1.82 bits per heavy atom. The molecule has 2 unspecified atom stereocenters. The first kappa shape index (κ1) is 23.7. The summed E-state index contributed by atoms with van der Waals surface area (Å²) < 4.78 is 0. The Bertz CT molecular complexity index is 857. The molecule has 2 atom stereocenters. The second-order valence-electron chi connectivity index (χ2n) is 10.3. The zero-order valence-electron chi connectivity index (χ0n) is 20.3. The summed E-state index contributed by atoms with van der Waals surface area (Å²) in [5, 5.41) is 3.34. The number of hydrogen-bond acceptors (Lipinski definition) is 4. The highest BCUT2D eigenvalue weighted by Crippen LogP contribution is 2.34. The number of nitrogens with zero attached hydrogens (tertiary/aromatic N) is 3. The van der Waals surface area contributed by atoms with Gasteiger partial charge in [0.15, 0.2) is 0 Å². The molecule has 1 aromatic rings. The molecule has 1 aromatic carbocycles. The monoisotopic (exact) mass is 454 g/mol. The zero-order chi connectivity index (χ0) is 23.5. The summed E-state index contributed by atoms with van der Waals surface area (Å²) in [6.07, 6.45) is 3.34. The SMILES string of the molecule is Cc1ccc(C(=O)N2CC(N(CC(C)C)C(=O)C3CC3)CC2C(=O)N2CCCNCC2)cc1. The van der Waals surface area contributed by atoms with Crippen molar-refractivity contribution in [3.05, 3.63) is 35.4 Å². The Balaban J connectivity index is 1.60. The Kier molecular flexibility index (Phi) is 7.37. The summed E-state index contributed by atoms with van der Waals surface area (Å²) in [5.41, 5.74) is 1.69. The normalized spacial score (nSPS) is 23.5. The van der Waals surface area contributed by atoms with Crippen molar-refractivity contribution in [3.63, 3.8) is 0 Å². The Hall–Kier alpha value is -2.41. The van der Waals surface area contributed by atoms with Gasteiger partial charge in [-0.25, -0.2) is 0 Å². The minimum atomic E-state index is -0.524. The summed E-state index contributed by atoms with van der Waals surface area (Å²) in [5.74, 6) is 0.553. The lowest BCUT2D eigenvalue weighted by molar-refractivity contribution is -0.137. The molecule has 2 heterocycles. The molecule has 33 heavy (non-hydrogen) atoms. The summed E-state index contributed by atoms with van der Waals surface area (Å²) in [4.78, 5) is 46.0. The van der Waals surface area contributed by atoms with Crippen LogP contribution in [0.1, 0.15) is 55.5 Å². The van der Waals surface area contributed by atoms with Crippen LogP contribution in [-0.2, 0) is 9.59 Å². The molecule has 7 nitrogen and oxygen atoms in total. The third-order valence-electron chi connectivity index (χ3n) is 6.99. The third-order valence-corrected chi connectivity index (χ3v) is 6.99. The average Bonchev–Trinajstić information content (AvgIpc) is 3.60. The van der Waals surface area contributed by atoms with Gasteiger partial charge in [0, 0.05) is 44.2 Å². The Morgan fingerprint density at radius 3 is 2.48 bits per heavy atom. The number of rotatable bonds is 6. The lowest BCUT2D eigenvalue weighted by Crippen LogP contribution is -2.48. The van der Waals surface area contributed by atoms with Gasteiger partial charge in [-0.15, -0.1) is 0 Å². The van der Waals surface area contributed by atoms with E-state index in [-0.39, 0.29) is 29.7 Å². The fourth-order valence-corrected chi connectivity index (χ4v) is 5.01. The van der Waals surface area contributed by atoms with Crippen LogP contribution < -0.4 is 5.32 Å². The average molecular weight is 455 g/mol. The van der Waals surface area contributed by atoms with E-state index in [1.807, 2.05) is 41.0 Å². The summed E-state index contributed by atoms with van der Waals surface area (Å²) >= 11 is 0. The molecular formula is C26H38N4O3. The van der Waals surface area contributed by atoms with Gasteiger partial charge in [0.1, 0.15) is 6.04 Å². The molecule has 0 aromatic heterocycles. The van der Waals surface area contributed by atoms with Crippen molar-refractivity contribution in [1.82, 2.24) is 20.0 Å². The van der Waals surface area contributed by atoms with Crippen LogP contribution in [0.3, 0.4) is 0 Å². The van der Waals surface area contributed by atoms with E-state index >= 15 is 0 Å². The highest BCUT2D eigenvalue weighted by atomic mass is 16.2. The fraction of sp³-hybridized carbons (Fsp3) is 0.654. The molecule has 1 N–H and O–H groups in total. The number of likely N-dealkylation sites (tertiary alicyclic amines) is 1. The van der Waals surface area contributed by atoms with Gasteiger partial charge in [-0.1, -0.05) is 31.5 Å². The molecule has 0 radical (unpaired) electrons. The van der Waals surface area contributed by atoms with Crippen molar-refractivity contribution in [1.29, 1.82) is 0 Å². The van der Waals surface area contributed by atoms with E-state index in [9.17, 15) is 14.4 Å². The predicted octanol–water partition coefficient (Wildman–Crippen LogP) is 2.29. The van der Waals surface area contributed by atoms with Gasteiger partial charge in [0.2, 0.25) is 11.8 Å². The number of aryl methyl sites for hydroxylation is 1. The summed E-state index contributed by atoms with van der Waals surface area (Å²) in [6, 6.07) is 6.89. The Labute approximate surface area is 197 Å². The van der Waals surface area contributed by atoms with Gasteiger partial charge in [-0.2, -0.15) is 0 Å². The van der Waals surface area contributed by atoms with E-state index in [1.165, 1.54) is 0 Å². The second-order valence-corrected chi connectivity index (χ2v) is 10.3. The van der Waals surface area contributed by atoms with Crippen LogP contribution in [0.15, 0.2) is 24.3 Å². The first-order valence-corrected chi connectivity index (χ1v) is 12.5. The van der Waals surface area contributed by atoms with E-state index in [0.717, 1.165) is 37.9 Å². The van der Waals surface area contributed by atoms with Crippen LogP contribution in [0.5, 0.6) is 0 Å². The zero-order valence-corrected chi connectivity index (χ0v) is 20.3. The molecule has 4 rings (SSSR count). The summed E-state index contributed by atoms with van der Waals surface area (Å²) in [6.45, 7) is 10.3.